The van der Waals surface area contributed by atoms with E-state index < -0.39 is 6.10 Å². The number of rotatable bonds is 4. The third-order valence-corrected chi connectivity index (χ3v) is 5.47. The van der Waals surface area contributed by atoms with E-state index in [1.54, 1.807) is 31.3 Å². The van der Waals surface area contributed by atoms with Gasteiger partial charge in [-0.2, -0.15) is 0 Å². The van der Waals surface area contributed by atoms with E-state index in [1.807, 2.05) is 23.1 Å². The number of aromatic nitrogens is 1. The zero-order valence-electron chi connectivity index (χ0n) is 16.6. The summed E-state index contributed by atoms with van der Waals surface area (Å²) >= 11 is 0. The molecule has 0 saturated carbocycles. The molecule has 2 aromatic rings. The fraction of sp³-hybridized carbons (Fsp3) is 0.409. The van der Waals surface area contributed by atoms with Gasteiger partial charge in [-0.25, -0.2) is 0 Å². The van der Waals surface area contributed by atoms with Crippen molar-refractivity contribution in [2.45, 2.75) is 44.9 Å². The number of carbonyl (C=O) groups is 2. The molecule has 2 aliphatic rings. The maximum atomic E-state index is 13.7. The van der Waals surface area contributed by atoms with Crippen molar-refractivity contribution in [1.82, 2.24) is 15.2 Å². The molecule has 2 unspecified atom stereocenters. The highest BCUT2D eigenvalue weighted by molar-refractivity contribution is 6.04. The van der Waals surface area contributed by atoms with Crippen molar-refractivity contribution in [2.24, 2.45) is 0 Å². The third kappa shape index (κ3) is 4.24. The van der Waals surface area contributed by atoms with Crippen molar-refractivity contribution in [3.63, 3.8) is 0 Å². The standard InChI is InChI=1S/C22H26N4O3/c1-15-21(27)25-19-9-4-8-18(20(19)29-15)22(28)26(14-16-6-2-3-12-24-16)17-7-5-11-23-13-10-17/h2-4,6,8-9,12,15,17,23H,5,7,10-11,13-14H2,1H3,(H,25,27). The third-order valence-electron chi connectivity index (χ3n) is 5.47. The minimum atomic E-state index is -0.636. The predicted octanol–water partition coefficient (Wildman–Crippen LogP) is 2.59. The molecule has 1 aromatic heterocycles. The Balaban J connectivity index is 1.68. The number of pyridine rings is 1. The second-order valence-electron chi connectivity index (χ2n) is 7.52. The van der Waals surface area contributed by atoms with Crippen LogP contribution in [-0.2, 0) is 11.3 Å². The number of hydrogen-bond donors (Lipinski definition) is 2. The number of anilines is 1. The van der Waals surface area contributed by atoms with E-state index in [-0.39, 0.29) is 17.9 Å². The van der Waals surface area contributed by atoms with Crippen LogP contribution in [-0.4, -0.2) is 46.9 Å². The molecule has 2 aliphatic heterocycles. The first-order chi connectivity index (χ1) is 14.1. The summed E-state index contributed by atoms with van der Waals surface area (Å²) in [6.45, 7) is 3.97. The molecular formula is C22H26N4O3. The Morgan fingerprint density at radius 3 is 2.93 bits per heavy atom. The van der Waals surface area contributed by atoms with Crippen molar-refractivity contribution >= 4 is 17.5 Å². The average molecular weight is 394 g/mol. The molecule has 2 amide bonds. The van der Waals surface area contributed by atoms with Gasteiger partial charge in [-0.15, -0.1) is 0 Å². The van der Waals surface area contributed by atoms with Gasteiger partial charge in [0.1, 0.15) is 0 Å². The van der Waals surface area contributed by atoms with Crippen LogP contribution >= 0.6 is 0 Å². The maximum absolute atomic E-state index is 13.7. The van der Waals surface area contributed by atoms with Gasteiger partial charge in [-0.3, -0.25) is 14.6 Å². The fourth-order valence-corrected chi connectivity index (χ4v) is 3.90. The normalized spacial score (nSPS) is 21.3. The Hall–Kier alpha value is -2.93. The highest BCUT2D eigenvalue weighted by Gasteiger charge is 2.32. The first kappa shape index (κ1) is 19.4. The molecule has 1 fully saturated rings. The van der Waals surface area contributed by atoms with Crippen LogP contribution in [0.2, 0.25) is 0 Å². The van der Waals surface area contributed by atoms with E-state index in [2.05, 4.69) is 15.6 Å². The van der Waals surface area contributed by atoms with Crippen molar-refractivity contribution in [3.05, 3.63) is 53.9 Å². The number of ether oxygens (including phenoxy) is 1. The number of hydrogen-bond acceptors (Lipinski definition) is 5. The number of amides is 2. The topological polar surface area (TPSA) is 83.6 Å². The Bertz CT molecular complexity index is 879. The Labute approximate surface area is 170 Å². The maximum Gasteiger partial charge on any atom is 0.265 e. The van der Waals surface area contributed by atoms with Crippen LogP contribution in [0.5, 0.6) is 5.75 Å². The van der Waals surface area contributed by atoms with Crippen LogP contribution < -0.4 is 15.4 Å². The number of carbonyl (C=O) groups excluding carboxylic acids is 2. The van der Waals surface area contributed by atoms with Crippen LogP contribution in [0.25, 0.3) is 0 Å². The molecule has 7 heteroatoms. The van der Waals surface area contributed by atoms with Gasteiger partial charge in [0.25, 0.3) is 11.8 Å². The highest BCUT2D eigenvalue weighted by atomic mass is 16.5. The average Bonchev–Trinajstić information content (AvgIpc) is 3.02. The number of fused-ring (bicyclic) bond motifs is 1. The van der Waals surface area contributed by atoms with Gasteiger partial charge in [0.15, 0.2) is 11.9 Å². The van der Waals surface area contributed by atoms with E-state index in [9.17, 15) is 9.59 Å². The molecule has 2 N–H and O–H groups in total. The second-order valence-corrected chi connectivity index (χ2v) is 7.52. The van der Waals surface area contributed by atoms with Crippen LogP contribution in [0.15, 0.2) is 42.6 Å². The van der Waals surface area contributed by atoms with E-state index in [0.717, 1.165) is 38.0 Å². The van der Waals surface area contributed by atoms with Gasteiger partial charge in [0, 0.05) is 12.2 Å². The van der Waals surface area contributed by atoms with E-state index in [4.69, 9.17) is 4.74 Å². The highest BCUT2D eigenvalue weighted by Crippen LogP contribution is 2.35. The summed E-state index contributed by atoms with van der Waals surface area (Å²) in [6, 6.07) is 11.2. The molecule has 2 atom stereocenters. The largest absolute Gasteiger partial charge is 0.478 e. The molecule has 1 saturated heterocycles. The molecule has 0 radical (unpaired) electrons. The lowest BCUT2D eigenvalue weighted by Gasteiger charge is -2.33. The predicted molar refractivity (Wildman–Crippen MR) is 110 cm³/mol. The summed E-state index contributed by atoms with van der Waals surface area (Å²) in [5.41, 5.74) is 1.87. The molecule has 1 aromatic carbocycles. The quantitative estimate of drug-likeness (QED) is 0.833. The van der Waals surface area contributed by atoms with Crippen molar-refractivity contribution < 1.29 is 14.3 Å². The SMILES string of the molecule is CC1Oc2c(cccc2C(=O)N(Cc2ccccn2)C2CCCNCC2)NC1=O. The molecule has 29 heavy (non-hydrogen) atoms. The van der Waals surface area contributed by atoms with Crippen LogP contribution in [0.4, 0.5) is 5.69 Å². The lowest BCUT2D eigenvalue weighted by Crippen LogP contribution is -2.41. The van der Waals surface area contributed by atoms with Gasteiger partial charge in [-0.1, -0.05) is 12.1 Å². The molecular weight excluding hydrogens is 368 g/mol. The first-order valence-electron chi connectivity index (χ1n) is 10.2. The van der Waals surface area contributed by atoms with Crippen molar-refractivity contribution in [1.29, 1.82) is 0 Å². The van der Waals surface area contributed by atoms with Gasteiger partial charge in [-0.05, 0) is 63.5 Å². The summed E-state index contributed by atoms with van der Waals surface area (Å²) in [5.74, 6) is 0.146. The van der Waals surface area contributed by atoms with Crippen LogP contribution in [0, 0.1) is 0 Å². The van der Waals surface area contributed by atoms with Gasteiger partial charge >= 0.3 is 0 Å². The number of nitrogens with zero attached hydrogens (tertiary/aromatic N) is 2. The monoisotopic (exact) mass is 394 g/mol. The fourth-order valence-electron chi connectivity index (χ4n) is 3.90. The summed E-state index contributed by atoms with van der Waals surface area (Å²) < 4.78 is 5.82. The van der Waals surface area contributed by atoms with Gasteiger partial charge in [0.05, 0.1) is 23.5 Å². The zero-order valence-corrected chi connectivity index (χ0v) is 16.6. The molecule has 152 valence electrons. The molecule has 4 rings (SSSR count). The zero-order chi connectivity index (χ0) is 20.2. The smallest absolute Gasteiger partial charge is 0.265 e. The Kier molecular flexibility index (Phi) is 5.76. The summed E-state index contributed by atoms with van der Waals surface area (Å²) in [4.78, 5) is 32.0. The molecule has 0 aliphatic carbocycles. The number of nitrogens with one attached hydrogen (secondary N) is 2. The second kappa shape index (κ2) is 8.61. The summed E-state index contributed by atoms with van der Waals surface area (Å²) in [7, 11) is 0. The lowest BCUT2D eigenvalue weighted by molar-refractivity contribution is -0.122. The first-order valence-corrected chi connectivity index (χ1v) is 10.2. The van der Waals surface area contributed by atoms with E-state index in [0.29, 0.717) is 23.5 Å². The summed E-state index contributed by atoms with van der Waals surface area (Å²) in [6.07, 6.45) is 3.96. The minimum absolute atomic E-state index is 0.0947. The number of para-hydroxylation sites is 1. The van der Waals surface area contributed by atoms with Gasteiger partial charge in [0.2, 0.25) is 0 Å². The van der Waals surface area contributed by atoms with Gasteiger partial charge < -0.3 is 20.3 Å². The Morgan fingerprint density at radius 1 is 1.21 bits per heavy atom. The number of benzene rings is 1. The van der Waals surface area contributed by atoms with E-state index in [1.165, 1.54) is 0 Å². The minimum Gasteiger partial charge on any atom is -0.478 e. The van der Waals surface area contributed by atoms with E-state index >= 15 is 0 Å². The summed E-state index contributed by atoms with van der Waals surface area (Å²) in [5, 5.41) is 6.24. The van der Waals surface area contributed by atoms with Crippen molar-refractivity contribution in [2.75, 3.05) is 18.4 Å². The molecule has 3 heterocycles. The van der Waals surface area contributed by atoms with Crippen molar-refractivity contribution in [3.8, 4) is 5.75 Å². The van der Waals surface area contributed by atoms with Crippen LogP contribution in [0.3, 0.4) is 0 Å². The molecule has 0 spiro atoms. The lowest BCUT2D eigenvalue weighted by atomic mass is 10.0. The molecule has 7 nitrogen and oxygen atoms in total. The molecule has 0 bridgehead atoms. The van der Waals surface area contributed by atoms with Crippen LogP contribution in [0.1, 0.15) is 42.2 Å². The Morgan fingerprint density at radius 2 is 2.10 bits per heavy atom.